The molecule has 19 heavy (non-hydrogen) atoms. The first kappa shape index (κ1) is 12.9. The van der Waals surface area contributed by atoms with Gasteiger partial charge in [-0.25, -0.2) is 0 Å². The Kier molecular flexibility index (Phi) is 3.48. The third-order valence-electron chi connectivity index (χ3n) is 5.02. The number of hydrogen-bond donors (Lipinski definition) is 1. The van der Waals surface area contributed by atoms with Gasteiger partial charge in [0.2, 0.25) is 5.91 Å². The van der Waals surface area contributed by atoms with E-state index in [1.807, 2.05) is 0 Å². The fraction of sp³-hybridized carbons (Fsp3) is 0.857. The van der Waals surface area contributed by atoms with Crippen molar-refractivity contribution in [3.8, 4) is 0 Å². The van der Waals surface area contributed by atoms with Gasteiger partial charge in [-0.05, 0) is 43.9 Å². The lowest BCUT2D eigenvalue weighted by Gasteiger charge is -2.31. The van der Waals surface area contributed by atoms with E-state index in [-0.39, 0.29) is 29.8 Å². The third kappa shape index (κ3) is 2.36. The monoisotopic (exact) mass is 266 g/mol. The van der Waals surface area contributed by atoms with Crippen LogP contribution in [0.5, 0.6) is 0 Å². The first-order valence-corrected chi connectivity index (χ1v) is 7.27. The van der Waals surface area contributed by atoms with Crippen molar-refractivity contribution in [3.63, 3.8) is 0 Å². The molecule has 106 valence electrons. The van der Waals surface area contributed by atoms with Gasteiger partial charge in [-0.2, -0.15) is 0 Å². The van der Waals surface area contributed by atoms with Crippen molar-refractivity contribution in [3.05, 3.63) is 0 Å². The molecule has 3 rings (SSSR count). The molecule has 2 aliphatic carbocycles. The first-order chi connectivity index (χ1) is 9.16. The zero-order valence-electron chi connectivity index (χ0n) is 11.0. The molecule has 0 aromatic rings. The first-order valence-electron chi connectivity index (χ1n) is 7.27. The van der Waals surface area contributed by atoms with E-state index >= 15 is 0 Å². The van der Waals surface area contributed by atoms with Crippen molar-refractivity contribution in [1.82, 2.24) is 5.32 Å². The molecular formula is C14H20NO4-. The van der Waals surface area contributed by atoms with Crippen molar-refractivity contribution >= 4 is 11.9 Å². The van der Waals surface area contributed by atoms with Crippen LogP contribution in [0.15, 0.2) is 0 Å². The van der Waals surface area contributed by atoms with E-state index in [4.69, 9.17) is 4.74 Å². The zero-order valence-corrected chi connectivity index (χ0v) is 11.0. The van der Waals surface area contributed by atoms with Crippen molar-refractivity contribution in [1.29, 1.82) is 0 Å². The Hall–Kier alpha value is -1.10. The van der Waals surface area contributed by atoms with Gasteiger partial charge in [-0.1, -0.05) is 0 Å². The number of nitrogens with one attached hydrogen (secondary N) is 1. The van der Waals surface area contributed by atoms with E-state index in [1.54, 1.807) is 0 Å². The number of hydrogen-bond acceptors (Lipinski definition) is 4. The van der Waals surface area contributed by atoms with Crippen molar-refractivity contribution in [2.75, 3.05) is 13.2 Å². The minimum atomic E-state index is -1.05. The summed E-state index contributed by atoms with van der Waals surface area (Å²) in [5.74, 6) is -1.75. The summed E-state index contributed by atoms with van der Waals surface area (Å²) in [7, 11) is 0. The van der Waals surface area contributed by atoms with Gasteiger partial charge in [0.05, 0.1) is 6.10 Å². The number of carboxylic acids is 1. The maximum atomic E-state index is 12.2. The predicted octanol–water partition coefficient (Wildman–Crippen LogP) is -0.306. The number of carboxylic acid groups (broad SMARTS) is 1. The summed E-state index contributed by atoms with van der Waals surface area (Å²) in [6.45, 7) is 1.27. The summed E-state index contributed by atoms with van der Waals surface area (Å²) in [6, 6.07) is 0. The summed E-state index contributed by atoms with van der Waals surface area (Å²) in [4.78, 5) is 23.5. The van der Waals surface area contributed by atoms with E-state index in [1.165, 1.54) is 0 Å². The van der Waals surface area contributed by atoms with Gasteiger partial charge in [-0.15, -0.1) is 0 Å². The van der Waals surface area contributed by atoms with E-state index < -0.39 is 11.9 Å². The zero-order chi connectivity index (χ0) is 13.4. The molecule has 5 nitrogen and oxygen atoms in total. The van der Waals surface area contributed by atoms with Crippen LogP contribution in [0.1, 0.15) is 32.1 Å². The molecule has 1 heterocycles. The summed E-state index contributed by atoms with van der Waals surface area (Å²) < 4.78 is 5.46. The van der Waals surface area contributed by atoms with E-state index in [9.17, 15) is 14.7 Å². The standard InChI is InChI=1S/C14H21NO4/c16-13(15-7-10-2-1-5-19-10)11-8-3-4-9(6-8)12(11)14(17)18/h8-12H,1-7H2,(H,15,16)(H,17,18)/p-1/t8-,9-,10-,11+,12-/m0/s1. The lowest BCUT2D eigenvalue weighted by Crippen LogP contribution is -2.47. The molecule has 2 saturated carbocycles. The molecule has 3 fully saturated rings. The minimum absolute atomic E-state index is 0.101. The fourth-order valence-corrected chi connectivity index (χ4v) is 4.15. The summed E-state index contributed by atoms with van der Waals surface area (Å²) in [5, 5.41) is 14.1. The molecule has 0 unspecified atom stereocenters. The van der Waals surface area contributed by atoms with Gasteiger partial charge in [0.25, 0.3) is 0 Å². The largest absolute Gasteiger partial charge is 0.550 e. The SMILES string of the molecule is O=C(NC[C@@H]1CCCO1)[C@@H]1[C@H]2CC[C@@H](C2)[C@@H]1C(=O)[O-]. The topological polar surface area (TPSA) is 78.5 Å². The van der Waals surface area contributed by atoms with Crippen LogP contribution in [0, 0.1) is 23.7 Å². The Morgan fingerprint density at radius 3 is 2.53 bits per heavy atom. The van der Waals surface area contributed by atoms with Crippen LogP contribution in [0.2, 0.25) is 0 Å². The molecule has 1 saturated heterocycles. The van der Waals surface area contributed by atoms with Gasteiger partial charge in [-0.3, -0.25) is 4.79 Å². The van der Waals surface area contributed by atoms with Gasteiger partial charge in [0.15, 0.2) is 0 Å². The Morgan fingerprint density at radius 1 is 1.16 bits per heavy atom. The number of fused-ring (bicyclic) bond motifs is 2. The molecule has 5 atom stereocenters. The molecule has 5 heteroatoms. The Bertz CT molecular complexity index is 378. The van der Waals surface area contributed by atoms with E-state index in [0.717, 1.165) is 38.7 Å². The van der Waals surface area contributed by atoms with Gasteiger partial charge >= 0.3 is 0 Å². The Balaban J connectivity index is 1.60. The highest BCUT2D eigenvalue weighted by Crippen LogP contribution is 2.52. The van der Waals surface area contributed by atoms with Crippen LogP contribution in [-0.2, 0) is 14.3 Å². The molecule has 0 radical (unpaired) electrons. The molecule has 3 aliphatic rings. The van der Waals surface area contributed by atoms with E-state index in [2.05, 4.69) is 5.32 Å². The smallest absolute Gasteiger partial charge is 0.224 e. The third-order valence-corrected chi connectivity index (χ3v) is 5.02. The quantitative estimate of drug-likeness (QED) is 0.757. The van der Waals surface area contributed by atoms with Crippen LogP contribution >= 0.6 is 0 Å². The second-order valence-electron chi connectivity index (χ2n) is 6.08. The van der Waals surface area contributed by atoms with E-state index in [0.29, 0.717) is 6.54 Å². The molecule has 0 spiro atoms. The maximum Gasteiger partial charge on any atom is 0.224 e. The second kappa shape index (κ2) is 5.12. The van der Waals surface area contributed by atoms with Crippen molar-refractivity contribution in [2.24, 2.45) is 23.7 Å². The molecular weight excluding hydrogens is 246 g/mol. The summed E-state index contributed by atoms with van der Waals surface area (Å²) in [5.41, 5.74) is 0. The number of amides is 1. The molecule has 2 bridgehead atoms. The van der Waals surface area contributed by atoms with Crippen LogP contribution in [-0.4, -0.2) is 31.1 Å². The maximum absolute atomic E-state index is 12.2. The van der Waals surface area contributed by atoms with Gasteiger partial charge in [0, 0.05) is 31.0 Å². The van der Waals surface area contributed by atoms with Crippen LogP contribution < -0.4 is 10.4 Å². The van der Waals surface area contributed by atoms with Gasteiger partial charge in [0.1, 0.15) is 0 Å². The number of rotatable bonds is 4. The predicted molar refractivity (Wildman–Crippen MR) is 64.8 cm³/mol. The normalized spacial score (nSPS) is 40.5. The summed E-state index contributed by atoms with van der Waals surface area (Å²) >= 11 is 0. The molecule has 1 aliphatic heterocycles. The number of carbonyl (C=O) groups excluding carboxylic acids is 2. The Morgan fingerprint density at radius 2 is 1.89 bits per heavy atom. The van der Waals surface area contributed by atoms with Crippen LogP contribution in [0.4, 0.5) is 0 Å². The second-order valence-corrected chi connectivity index (χ2v) is 6.08. The van der Waals surface area contributed by atoms with Gasteiger partial charge < -0.3 is 20.0 Å². The lowest BCUT2D eigenvalue weighted by molar-refractivity contribution is -0.314. The van der Waals surface area contributed by atoms with Crippen LogP contribution in [0.3, 0.4) is 0 Å². The molecule has 0 aromatic heterocycles. The number of aliphatic carboxylic acids is 1. The molecule has 1 amide bonds. The highest BCUT2D eigenvalue weighted by molar-refractivity contribution is 5.85. The lowest BCUT2D eigenvalue weighted by atomic mass is 9.78. The Labute approximate surface area is 112 Å². The molecule has 0 aromatic carbocycles. The van der Waals surface area contributed by atoms with Crippen molar-refractivity contribution in [2.45, 2.75) is 38.2 Å². The summed E-state index contributed by atoms with van der Waals surface area (Å²) in [6.07, 6.45) is 4.89. The number of ether oxygens (including phenoxy) is 1. The highest BCUT2D eigenvalue weighted by atomic mass is 16.5. The molecule has 1 N–H and O–H groups in total. The highest BCUT2D eigenvalue weighted by Gasteiger charge is 2.51. The fourth-order valence-electron chi connectivity index (χ4n) is 4.15. The van der Waals surface area contributed by atoms with Crippen LogP contribution in [0.25, 0.3) is 0 Å². The van der Waals surface area contributed by atoms with Crippen molar-refractivity contribution < 1.29 is 19.4 Å². The average Bonchev–Trinajstić information content (AvgIpc) is 3.10. The average molecular weight is 266 g/mol. The minimum Gasteiger partial charge on any atom is -0.550 e. The number of carbonyl (C=O) groups is 2.